The van der Waals surface area contributed by atoms with E-state index in [9.17, 15) is 9.59 Å². The first-order chi connectivity index (χ1) is 14.1. The summed E-state index contributed by atoms with van der Waals surface area (Å²) in [6.07, 6.45) is 0.236. The van der Waals surface area contributed by atoms with Gasteiger partial charge in [0.15, 0.2) is 0 Å². The SMILES string of the molecule is CN1CCN(c2nc3c(c(=O)[nH]2)C(c2cccc4ccccc24)CC(=O)N3)CC1. The Morgan fingerprint density at radius 3 is 2.59 bits per heavy atom. The van der Waals surface area contributed by atoms with E-state index in [2.05, 4.69) is 32.1 Å². The third kappa shape index (κ3) is 3.17. The number of likely N-dealkylation sites (N-methyl/N-ethyl adjacent to an activating group) is 1. The van der Waals surface area contributed by atoms with Crippen LogP contribution in [0.2, 0.25) is 0 Å². The van der Waals surface area contributed by atoms with Crippen LogP contribution in [-0.2, 0) is 4.79 Å². The van der Waals surface area contributed by atoms with Crippen LogP contribution < -0.4 is 15.8 Å². The molecule has 2 N–H and O–H groups in total. The van der Waals surface area contributed by atoms with E-state index >= 15 is 0 Å². The second kappa shape index (κ2) is 7.00. The van der Waals surface area contributed by atoms with E-state index in [1.165, 1.54) is 0 Å². The van der Waals surface area contributed by atoms with Gasteiger partial charge in [0.1, 0.15) is 5.82 Å². The lowest BCUT2D eigenvalue weighted by molar-refractivity contribution is -0.116. The van der Waals surface area contributed by atoms with Gasteiger partial charge >= 0.3 is 0 Å². The van der Waals surface area contributed by atoms with Crippen LogP contribution in [-0.4, -0.2) is 54.0 Å². The molecule has 7 nitrogen and oxygen atoms in total. The van der Waals surface area contributed by atoms with Crippen molar-refractivity contribution in [3.8, 4) is 0 Å². The van der Waals surface area contributed by atoms with Crippen LogP contribution in [0.4, 0.5) is 11.8 Å². The fourth-order valence-electron chi connectivity index (χ4n) is 4.35. The number of nitrogens with zero attached hydrogens (tertiary/aromatic N) is 3. The molecule has 1 saturated heterocycles. The molecule has 148 valence electrons. The van der Waals surface area contributed by atoms with Crippen LogP contribution in [0.25, 0.3) is 10.8 Å². The number of carbonyl (C=O) groups is 1. The Kier molecular flexibility index (Phi) is 4.32. The number of anilines is 2. The summed E-state index contributed by atoms with van der Waals surface area (Å²) >= 11 is 0. The first-order valence-electron chi connectivity index (χ1n) is 9.95. The molecule has 1 unspecified atom stereocenters. The van der Waals surface area contributed by atoms with Crippen molar-refractivity contribution >= 4 is 28.4 Å². The maximum absolute atomic E-state index is 13.1. The average molecular weight is 389 g/mol. The minimum atomic E-state index is -0.317. The first kappa shape index (κ1) is 17.9. The Morgan fingerprint density at radius 1 is 1.00 bits per heavy atom. The topological polar surface area (TPSA) is 81.3 Å². The van der Waals surface area contributed by atoms with Gasteiger partial charge in [-0.25, -0.2) is 0 Å². The Bertz CT molecular complexity index is 1140. The van der Waals surface area contributed by atoms with Gasteiger partial charge in [-0.1, -0.05) is 42.5 Å². The molecule has 2 aromatic carbocycles. The van der Waals surface area contributed by atoms with Crippen LogP contribution in [0.1, 0.15) is 23.5 Å². The average Bonchev–Trinajstić information content (AvgIpc) is 2.73. The van der Waals surface area contributed by atoms with Gasteiger partial charge in [-0.05, 0) is 23.4 Å². The van der Waals surface area contributed by atoms with E-state index in [0.717, 1.165) is 42.5 Å². The van der Waals surface area contributed by atoms with Crippen molar-refractivity contribution in [2.75, 3.05) is 43.4 Å². The summed E-state index contributed by atoms with van der Waals surface area (Å²) in [5.74, 6) is 0.484. The molecule has 0 saturated carbocycles. The predicted molar refractivity (Wildman–Crippen MR) is 114 cm³/mol. The summed E-state index contributed by atoms with van der Waals surface area (Å²) < 4.78 is 0. The number of rotatable bonds is 2. The number of aromatic amines is 1. The van der Waals surface area contributed by atoms with Crippen molar-refractivity contribution in [3.63, 3.8) is 0 Å². The van der Waals surface area contributed by atoms with Crippen LogP contribution in [0, 0.1) is 0 Å². The van der Waals surface area contributed by atoms with E-state index in [4.69, 9.17) is 0 Å². The van der Waals surface area contributed by atoms with Crippen LogP contribution in [0.3, 0.4) is 0 Å². The Labute approximate surface area is 168 Å². The number of hydrogen-bond acceptors (Lipinski definition) is 5. The zero-order chi connectivity index (χ0) is 20.0. The van der Waals surface area contributed by atoms with E-state index < -0.39 is 0 Å². The number of amides is 1. The molecule has 2 aliphatic heterocycles. The number of piperazine rings is 1. The van der Waals surface area contributed by atoms with Crippen LogP contribution >= 0.6 is 0 Å². The summed E-state index contributed by atoms with van der Waals surface area (Å²) in [6, 6.07) is 14.1. The molecule has 0 radical (unpaired) electrons. The first-order valence-corrected chi connectivity index (χ1v) is 9.95. The monoisotopic (exact) mass is 389 g/mol. The summed E-state index contributed by atoms with van der Waals surface area (Å²) in [5.41, 5.74) is 1.35. The maximum Gasteiger partial charge on any atom is 0.258 e. The molecule has 3 heterocycles. The lowest BCUT2D eigenvalue weighted by atomic mass is 9.84. The van der Waals surface area contributed by atoms with Crippen LogP contribution in [0.5, 0.6) is 0 Å². The Balaban J connectivity index is 1.61. The normalized spacial score (nSPS) is 19.8. The molecule has 1 amide bonds. The van der Waals surface area contributed by atoms with Crippen molar-refractivity contribution in [2.45, 2.75) is 12.3 Å². The fourth-order valence-corrected chi connectivity index (χ4v) is 4.35. The number of hydrogen-bond donors (Lipinski definition) is 2. The molecule has 5 rings (SSSR count). The van der Waals surface area contributed by atoms with Gasteiger partial charge in [-0.2, -0.15) is 4.98 Å². The van der Waals surface area contributed by atoms with Gasteiger partial charge in [-0.3, -0.25) is 14.6 Å². The molecule has 0 bridgehead atoms. The lowest BCUT2D eigenvalue weighted by Gasteiger charge is -2.33. The highest BCUT2D eigenvalue weighted by molar-refractivity contribution is 5.96. The van der Waals surface area contributed by atoms with E-state index in [-0.39, 0.29) is 23.8 Å². The van der Waals surface area contributed by atoms with Gasteiger partial charge in [0.2, 0.25) is 11.9 Å². The quantitative estimate of drug-likeness (QED) is 0.702. The van der Waals surface area contributed by atoms with Gasteiger partial charge in [0.05, 0.1) is 5.56 Å². The fraction of sp³-hybridized carbons (Fsp3) is 0.318. The number of aromatic nitrogens is 2. The maximum atomic E-state index is 13.1. The highest BCUT2D eigenvalue weighted by Crippen LogP contribution is 2.37. The molecular weight excluding hydrogens is 366 g/mol. The van der Waals surface area contributed by atoms with Gasteiger partial charge in [0, 0.05) is 38.5 Å². The number of fused-ring (bicyclic) bond motifs is 2. The summed E-state index contributed by atoms with van der Waals surface area (Å²) in [5, 5.41) is 4.98. The van der Waals surface area contributed by atoms with Crippen molar-refractivity contribution in [3.05, 3.63) is 63.9 Å². The van der Waals surface area contributed by atoms with Gasteiger partial charge in [-0.15, -0.1) is 0 Å². The zero-order valence-electron chi connectivity index (χ0n) is 16.3. The summed E-state index contributed by atoms with van der Waals surface area (Å²) in [7, 11) is 2.08. The van der Waals surface area contributed by atoms with Crippen molar-refractivity contribution in [1.29, 1.82) is 0 Å². The summed E-state index contributed by atoms with van der Waals surface area (Å²) in [4.78, 5) is 37.6. The third-order valence-corrected chi connectivity index (χ3v) is 5.94. The van der Waals surface area contributed by atoms with E-state index in [1.807, 2.05) is 42.5 Å². The van der Waals surface area contributed by atoms with E-state index in [0.29, 0.717) is 17.3 Å². The highest BCUT2D eigenvalue weighted by atomic mass is 16.2. The van der Waals surface area contributed by atoms with Gasteiger partial charge < -0.3 is 15.1 Å². The molecule has 1 atom stereocenters. The van der Waals surface area contributed by atoms with Crippen molar-refractivity contribution in [2.24, 2.45) is 0 Å². The second-order valence-corrected chi connectivity index (χ2v) is 7.82. The van der Waals surface area contributed by atoms with E-state index in [1.54, 1.807) is 0 Å². The molecule has 29 heavy (non-hydrogen) atoms. The minimum Gasteiger partial charge on any atom is -0.340 e. The Hall–Kier alpha value is -3.19. The summed E-state index contributed by atoms with van der Waals surface area (Å²) in [6.45, 7) is 3.40. The molecule has 7 heteroatoms. The predicted octanol–water partition coefficient (Wildman–Crippen LogP) is 2.15. The number of benzene rings is 2. The number of H-pyrrole nitrogens is 1. The molecule has 0 aliphatic carbocycles. The molecular formula is C22H23N5O2. The second-order valence-electron chi connectivity index (χ2n) is 7.82. The number of carbonyl (C=O) groups excluding carboxylic acids is 1. The standard InChI is InChI=1S/C22H23N5O2/c1-26-9-11-27(12-10-26)22-24-20-19(21(29)25-22)17(13-18(28)23-20)16-8-4-6-14-5-2-3-7-15(14)16/h2-8,17H,9-13H2,1H3,(H2,23,24,25,28,29). The van der Waals surface area contributed by atoms with Crippen molar-refractivity contribution < 1.29 is 4.79 Å². The Morgan fingerprint density at radius 2 is 1.76 bits per heavy atom. The molecule has 0 spiro atoms. The van der Waals surface area contributed by atoms with Crippen LogP contribution in [0.15, 0.2) is 47.3 Å². The van der Waals surface area contributed by atoms with Crippen molar-refractivity contribution in [1.82, 2.24) is 14.9 Å². The minimum absolute atomic E-state index is 0.113. The van der Waals surface area contributed by atoms with Gasteiger partial charge in [0.25, 0.3) is 5.56 Å². The molecule has 3 aromatic rings. The molecule has 2 aliphatic rings. The zero-order valence-corrected chi connectivity index (χ0v) is 16.3. The molecule has 1 fully saturated rings. The smallest absolute Gasteiger partial charge is 0.258 e. The third-order valence-electron chi connectivity index (χ3n) is 5.94. The lowest BCUT2D eigenvalue weighted by Crippen LogP contribution is -2.46. The number of nitrogens with one attached hydrogen (secondary N) is 2. The molecule has 1 aromatic heterocycles. The largest absolute Gasteiger partial charge is 0.340 e. The highest BCUT2D eigenvalue weighted by Gasteiger charge is 2.32.